The van der Waals surface area contributed by atoms with Gasteiger partial charge in [0, 0.05) is 20.9 Å². The maximum absolute atomic E-state index is 3.96. The SMILES string of the molecule is CCc1cccc2c1cc(Br)c1c3c(ccc12)[C@@H](Nc1cccc2ccccc12)CCC3. The van der Waals surface area contributed by atoms with Gasteiger partial charge in [-0.15, -0.1) is 0 Å². The molecular weight excluding hydrogens is 454 g/mol. The molecule has 32 heavy (non-hydrogen) atoms. The summed E-state index contributed by atoms with van der Waals surface area (Å²) in [7, 11) is 0. The van der Waals surface area contributed by atoms with E-state index in [0.717, 1.165) is 19.3 Å². The Kier molecular flexibility index (Phi) is 4.91. The molecule has 0 fully saturated rings. The summed E-state index contributed by atoms with van der Waals surface area (Å²) in [4.78, 5) is 0. The van der Waals surface area contributed by atoms with E-state index in [4.69, 9.17) is 0 Å². The molecule has 0 bridgehead atoms. The van der Waals surface area contributed by atoms with Gasteiger partial charge in [-0.1, -0.05) is 89.6 Å². The van der Waals surface area contributed by atoms with Gasteiger partial charge in [0.25, 0.3) is 0 Å². The molecule has 2 heteroatoms. The molecule has 158 valence electrons. The Balaban J connectivity index is 1.51. The van der Waals surface area contributed by atoms with Crippen molar-refractivity contribution in [2.45, 2.75) is 38.6 Å². The summed E-state index contributed by atoms with van der Waals surface area (Å²) in [6.07, 6.45) is 4.55. The molecule has 0 saturated carbocycles. The lowest BCUT2D eigenvalue weighted by Gasteiger charge is -2.29. The van der Waals surface area contributed by atoms with Gasteiger partial charge in [0.1, 0.15) is 0 Å². The van der Waals surface area contributed by atoms with Gasteiger partial charge in [-0.3, -0.25) is 0 Å². The normalized spacial score (nSPS) is 15.9. The van der Waals surface area contributed by atoms with Crippen LogP contribution in [0.25, 0.3) is 32.3 Å². The molecular formula is C30H26BrN. The molecule has 0 unspecified atom stereocenters. The Bertz CT molecular complexity index is 1480. The van der Waals surface area contributed by atoms with E-state index in [1.54, 1.807) is 0 Å². The summed E-state index contributed by atoms with van der Waals surface area (Å²) >= 11 is 3.96. The van der Waals surface area contributed by atoms with Crippen LogP contribution in [0.2, 0.25) is 0 Å². The number of halogens is 1. The fraction of sp³-hybridized carbons (Fsp3) is 0.200. The van der Waals surface area contributed by atoms with E-state index in [9.17, 15) is 0 Å². The van der Waals surface area contributed by atoms with Crippen LogP contribution < -0.4 is 5.32 Å². The highest BCUT2D eigenvalue weighted by Crippen LogP contribution is 2.42. The van der Waals surface area contributed by atoms with Crippen LogP contribution in [0.15, 0.2) is 83.3 Å². The predicted molar refractivity (Wildman–Crippen MR) is 142 cm³/mol. The van der Waals surface area contributed by atoms with E-state index in [1.165, 1.54) is 65.6 Å². The van der Waals surface area contributed by atoms with Crippen LogP contribution in [0.5, 0.6) is 0 Å². The van der Waals surface area contributed by atoms with Crippen molar-refractivity contribution >= 4 is 53.9 Å². The lowest BCUT2D eigenvalue weighted by molar-refractivity contribution is 0.604. The van der Waals surface area contributed by atoms with E-state index >= 15 is 0 Å². The molecule has 1 aliphatic carbocycles. The van der Waals surface area contributed by atoms with E-state index in [1.807, 2.05) is 0 Å². The number of anilines is 1. The smallest absolute Gasteiger partial charge is 0.0517 e. The van der Waals surface area contributed by atoms with Crippen molar-refractivity contribution in [2.24, 2.45) is 0 Å². The van der Waals surface area contributed by atoms with E-state index in [-0.39, 0.29) is 0 Å². The maximum atomic E-state index is 3.96. The predicted octanol–water partition coefficient (Wildman–Crippen LogP) is 8.96. The highest BCUT2D eigenvalue weighted by molar-refractivity contribution is 9.10. The Hall–Kier alpha value is -2.84. The summed E-state index contributed by atoms with van der Waals surface area (Å²) in [6, 6.07) is 29.4. The summed E-state index contributed by atoms with van der Waals surface area (Å²) in [6.45, 7) is 2.24. The number of rotatable bonds is 3. The van der Waals surface area contributed by atoms with Crippen LogP contribution in [-0.2, 0) is 12.8 Å². The molecule has 0 saturated heterocycles. The quantitative estimate of drug-likeness (QED) is 0.254. The van der Waals surface area contributed by atoms with Crippen molar-refractivity contribution in [2.75, 3.05) is 5.32 Å². The molecule has 1 atom stereocenters. The fourth-order valence-electron chi connectivity index (χ4n) is 5.61. The van der Waals surface area contributed by atoms with E-state index in [2.05, 4.69) is 107 Å². The Morgan fingerprint density at radius 1 is 0.844 bits per heavy atom. The van der Waals surface area contributed by atoms with Crippen molar-refractivity contribution in [1.82, 2.24) is 0 Å². The largest absolute Gasteiger partial charge is 0.378 e. The van der Waals surface area contributed by atoms with Crippen LogP contribution in [-0.4, -0.2) is 0 Å². The minimum absolute atomic E-state index is 0.332. The van der Waals surface area contributed by atoms with Crippen LogP contribution in [0, 0.1) is 0 Å². The lowest BCUT2D eigenvalue weighted by atomic mass is 9.83. The molecule has 5 aromatic carbocycles. The monoisotopic (exact) mass is 479 g/mol. The van der Waals surface area contributed by atoms with Crippen molar-refractivity contribution in [3.8, 4) is 0 Å². The molecule has 0 radical (unpaired) electrons. The minimum atomic E-state index is 0.332. The third-order valence-electron chi connectivity index (χ3n) is 7.14. The Morgan fingerprint density at radius 2 is 1.66 bits per heavy atom. The minimum Gasteiger partial charge on any atom is -0.378 e. The van der Waals surface area contributed by atoms with E-state index in [0.29, 0.717) is 6.04 Å². The van der Waals surface area contributed by atoms with Crippen LogP contribution in [0.3, 0.4) is 0 Å². The maximum Gasteiger partial charge on any atom is 0.0517 e. The van der Waals surface area contributed by atoms with Gasteiger partial charge >= 0.3 is 0 Å². The van der Waals surface area contributed by atoms with Crippen LogP contribution in [0.1, 0.15) is 42.5 Å². The number of nitrogens with one attached hydrogen (secondary N) is 1. The number of fused-ring (bicyclic) bond motifs is 6. The average molecular weight is 480 g/mol. The van der Waals surface area contributed by atoms with Crippen molar-refractivity contribution in [3.63, 3.8) is 0 Å². The number of aryl methyl sites for hydroxylation is 2. The van der Waals surface area contributed by atoms with Crippen molar-refractivity contribution in [3.05, 3.63) is 100 Å². The Labute approximate surface area is 197 Å². The first-order chi connectivity index (χ1) is 15.7. The molecule has 0 aromatic heterocycles. The van der Waals surface area contributed by atoms with Crippen molar-refractivity contribution < 1.29 is 0 Å². The van der Waals surface area contributed by atoms with Crippen LogP contribution >= 0.6 is 15.9 Å². The average Bonchev–Trinajstić information content (AvgIpc) is 2.84. The third-order valence-corrected chi connectivity index (χ3v) is 7.77. The van der Waals surface area contributed by atoms with Gasteiger partial charge in [0.05, 0.1) is 6.04 Å². The van der Waals surface area contributed by atoms with Gasteiger partial charge in [0.2, 0.25) is 0 Å². The second kappa shape index (κ2) is 7.94. The number of benzene rings is 5. The van der Waals surface area contributed by atoms with Gasteiger partial charge in [-0.2, -0.15) is 0 Å². The molecule has 6 rings (SSSR count). The van der Waals surface area contributed by atoms with Gasteiger partial charge in [-0.05, 0) is 76.1 Å². The first-order valence-electron chi connectivity index (χ1n) is 11.6. The molecule has 0 aliphatic heterocycles. The first-order valence-corrected chi connectivity index (χ1v) is 12.4. The lowest BCUT2D eigenvalue weighted by Crippen LogP contribution is -2.18. The summed E-state index contributed by atoms with van der Waals surface area (Å²) in [5.41, 5.74) is 5.59. The highest BCUT2D eigenvalue weighted by Gasteiger charge is 2.24. The molecule has 0 amide bonds. The second-order valence-corrected chi connectivity index (χ2v) is 9.75. The summed E-state index contributed by atoms with van der Waals surface area (Å²) in [5.74, 6) is 0. The molecule has 1 nitrogen and oxygen atoms in total. The topological polar surface area (TPSA) is 12.0 Å². The summed E-state index contributed by atoms with van der Waals surface area (Å²) in [5, 5.41) is 12.0. The summed E-state index contributed by atoms with van der Waals surface area (Å²) < 4.78 is 1.23. The second-order valence-electron chi connectivity index (χ2n) is 8.90. The molecule has 1 aliphatic rings. The zero-order valence-corrected chi connectivity index (χ0v) is 19.9. The molecule has 0 spiro atoms. The van der Waals surface area contributed by atoms with Gasteiger partial charge in [0.15, 0.2) is 0 Å². The first kappa shape index (κ1) is 19.8. The number of hydrogen-bond acceptors (Lipinski definition) is 1. The zero-order chi connectivity index (χ0) is 21.7. The Morgan fingerprint density at radius 3 is 2.56 bits per heavy atom. The van der Waals surface area contributed by atoms with Crippen LogP contribution in [0.4, 0.5) is 5.69 Å². The van der Waals surface area contributed by atoms with Gasteiger partial charge < -0.3 is 5.32 Å². The molecule has 5 aromatic rings. The van der Waals surface area contributed by atoms with Gasteiger partial charge in [-0.25, -0.2) is 0 Å². The van der Waals surface area contributed by atoms with Crippen molar-refractivity contribution in [1.29, 1.82) is 0 Å². The molecule has 0 heterocycles. The fourth-order valence-corrected chi connectivity index (χ4v) is 6.29. The highest BCUT2D eigenvalue weighted by atomic mass is 79.9. The van der Waals surface area contributed by atoms with E-state index < -0.39 is 0 Å². The third kappa shape index (κ3) is 3.12. The standard InChI is InChI=1S/C30H26BrN/c1-2-19-9-5-12-22-25-17-16-23-24(30(25)27(31)18-26(19)22)13-7-15-29(23)32-28-14-6-10-20-8-3-4-11-21(20)28/h3-6,8-12,14,16-18,29,32H,2,7,13,15H2,1H3/t29-/m0/s1. The number of hydrogen-bond donors (Lipinski definition) is 1. The zero-order valence-electron chi connectivity index (χ0n) is 18.3. The molecule has 1 N–H and O–H groups in total.